The minimum atomic E-state index is -0.804. The number of aromatic nitrogens is 2. The molecule has 0 radical (unpaired) electrons. The van der Waals surface area contributed by atoms with Crippen LogP contribution in [0, 0.1) is 6.92 Å². The van der Waals surface area contributed by atoms with Crippen LogP contribution >= 0.6 is 0 Å². The summed E-state index contributed by atoms with van der Waals surface area (Å²) in [4.78, 5) is 12.6. The van der Waals surface area contributed by atoms with Gasteiger partial charge in [-0.05, 0) is 33.9 Å². The highest BCUT2D eigenvalue weighted by atomic mass is 16.4. The average Bonchev–Trinajstić information content (AvgIpc) is 2.57. The molecule has 16 heavy (non-hydrogen) atoms. The molecule has 0 amide bonds. The first-order valence-corrected chi connectivity index (χ1v) is 5.42. The van der Waals surface area contributed by atoms with E-state index in [0.717, 1.165) is 17.9 Å². The fourth-order valence-electron chi connectivity index (χ4n) is 1.58. The van der Waals surface area contributed by atoms with E-state index in [-0.39, 0.29) is 0 Å². The van der Waals surface area contributed by atoms with Crippen molar-refractivity contribution in [2.24, 2.45) is 0 Å². The molecule has 1 unspecified atom stereocenters. The van der Waals surface area contributed by atoms with Crippen LogP contribution in [0.2, 0.25) is 0 Å². The van der Waals surface area contributed by atoms with Gasteiger partial charge in [0.25, 0.3) is 0 Å². The molecule has 0 spiro atoms. The van der Waals surface area contributed by atoms with Gasteiger partial charge in [0, 0.05) is 13.1 Å². The SMILES string of the molecule is CCn1nc(C)cc1CN(C)C(C)C(=O)O. The third-order valence-electron chi connectivity index (χ3n) is 2.71. The van der Waals surface area contributed by atoms with Gasteiger partial charge in [0.05, 0.1) is 11.4 Å². The van der Waals surface area contributed by atoms with E-state index in [1.54, 1.807) is 18.9 Å². The Kier molecular flexibility index (Phi) is 4.06. The fraction of sp³-hybridized carbons (Fsp3) is 0.636. The van der Waals surface area contributed by atoms with E-state index in [0.29, 0.717) is 6.54 Å². The van der Waals surface area contributed by atoms with E-state index in [9.17, 15) is 4.79 Å². The van der Waals surface area contributed by atoms with E-state index in [4.69, 9.17) is 5.11 Å². The molecule has 1 N–H and O–H groups in total. The predicted octanol–water partition coefficient (Wildman–Crippen LogP) is 1.12. The second-order valence-corrected chi connectivity index (χ2v) is 4.02. The maximum Gasteiger partial charge on any atom is 0.320 e. The first kappa shape index (κ1) is 12.7. The van der Waals surface area contributed by atoms with E-state index in [1.165, 1.54) is 0 Å². The van der Waals surface area contributed by atoms with Crippen molar-refractivity contribution in [2.75, 3.05) is 7.05 Å². The summed E-state index contributed by atoms with van der Waals surface area (Å²) in [5.74, 6) is -0.804. The highest BCUT2D eigenvalue weighted by molar-refractivity contribution is 5.72. The molecule has 1 rings (SSSR count). The quantitative estimate of drug-likeness (QED) is 0.815. The molecular weight excluding hydrogens is 206 g/mol. The van der Waals surface area contributed by atoms with Crippen LogP contribution in [0.1, 0.15) is 25.2 Å². The smallest absolute Gasteiger partial charge is 0.320 e. The second kappa shape index (κ2) is 5.12. The van der Waals surface area contributed by atoms with Crippen LogP contribution in [0.3, 0.4) is 0 Å². The lowest BCUT2D eigenvalue weighted by atomic mass is 10.2. The molecule has 0 saturated heterocycles. The second-order valence-electron chi connectivity index (χ2n) is 4.02. The van der Waals surface area contributed by atoms with Gasteiger partial charge in [-0.1, -0.05) is 0 Å². The molecule has 90 valence electrons. The third-order valence-corrected chi connectivity index (χ3v) is 2.71. The summed E-state index contributed by atoms with van der Waals surface area (Å²) in [6.45, 7) is 7.05. The fourth-order valence-corrected chi connectivity index (χ4v) is 1.58. The Morgan fingerprint density at radius 2 is 2.31 bits per heavy atom. The van der Waals surface area contributed by atoms with E-state index >= 15 is 0 Å². The van der Waals surface area contributed by atoms with Gasteiger partial charge in [-0.2, -0.15) is 5.10 Å². The topological polar surface area (TPSA) is 58.4 Å². The monoisotopic (exact) mass is 225 g/mol. The van der Waals surface area contributed by atoms with Crippen LogP contribution in [0.4, 0.5) is 0 Å². The Morgan fingerprint density at radius 1 is 1.69 bits per heavy atom. The molecule has 1 aromatic heterocycles. The van der Waals surface area contributed by atoms with Gasteiger partial charge in [-0.15, -0.1) is 0 Å². The minimum Gasteiger partial charge on any atom is -0.480 e. The maximum absolute atomic E-state index is 10.8. The van der Waals surface area contributed by atoms with Crippen molar-refractivity contribution in [3.8, 4) is 0 Å². The third kappa shape index (κ3) is 2.82. The predicted molar refractivity (Wildman–Crippen MR) is 61.2 cm³/mol. The largest absolute Gasteiger partial charge is 0.480 e. The summed E-state index contributed by atoms with van der Waals surface area (Å²) >= 11 is 0. The molecule has 1 aromatic rings. The molecule has 0 aliphatic heterocycles. The van der Waals surface area contributed by atoms with Gasteiger partial charge in [-0.25, -0.2) is 0 Å². The molecule has 0 aliphatic rings. The lowest BCUT2D eigenvalue weighted by Gasteiger charge is -2.21. The molecule has 5 nitrogen and oxygen atoms in total. The van der Waals surface area contributed by atoms with Crippen molar-refractivity contribution >= 4 is 5.97 Å². The molecule has 0 saturated carbocycles. The summed E-state index contributed by atoms with van der Waals surface area (Å²) in [7, 11) is 1.81. The van der Waals surface area contributed by atoms with Gasteiger partial charge < -0.3 is 5.11 Å². The van der Waals surface area contributed by atoms with Gasteiger partial charge in [0.2, 0.25) is 0 Å². The average molecular weight is 225 g/mol. The molecule has 0 bridgehead atoms. The number of aryl methyl sites for hydroxylation is 2. The molecular formula is C11H19N3O2. The van der Waals surface area contributed by atoms with Gasteiger partial charge in [0.15, 0.2) is 0 Å². The Hall–Kier alpha value is -1.36. The number of nitrogens with zero attached hydrogens (tertiary/aromatic N) is 3. The van der Waals surface area contributed by atoms with Crippen LogP contribution < -0.4 is 0 Å². The van der Waals surface area contributed by atoms with Crippen molar-refractivity contribution in [1.29, 1.82) is 0 Å². The maximum atomic E-state index is 10.8. The van der Waals surface area contributed by atoms with Crippen LogP contribution in [0.5, 0.6) is 0 Å². The standard InChI is InChI=1S/C11H19N3O2/c1-5-14-10(6-8(2)12-14)7-13(4)9(3)11(15)16/h6,9H,5,7H2,1-4H3,(H,15,16). The number of rotatable bonds is 5. The van der Waals surface area contributed by atoms with Crippen LogP contribution in [-0.4, -0.2) is 38.8 Å². The summed E-state index contributed by atoms with van der Waals surface area (Å²) in [6.07, 6.45) is 0. The lowest BCUT2D eigenvalue weighted by Crippen LogP contribution is -2.35. The Balaban J connectivity index is 2.75. The van der Waals surface area contributed by atoms with Crippen molar-refractivity contribution < 1.29 is 9.90 Å². The zero-order chi connectivity index (χ0) is 12.3. The van der Waals surface area contributed by atoms with Crippen LogP contribution in [0.25, 0.3) is 0 Å². The molecule has 1 heterocycles. The summed E-state index contributed by atoms with van der Waals surface area (Å²) in [5, 5.41) is 13.2. The normalized spacial score (nSPS) is 13.1. The van der Waals surface area contributed by atoms with Gasteiger partial charge in [-0.3, -0.25) is 14.4 Å². The van der Waals surface area contributed by atoms with E-state index in [2.05, 4.69) is 5.10 Å². The number of carbonyl (C=O) groups is 1. The number of aliphatic carboxylic acids is 1. The number of carboxylic acids is 1. The number of likely N-dealkylation sites (N-methyl/N-ethyl adjacent to an activating group) is 1. The molecule has 0 fully saturated rings. The Morgan fingerprint density at radius 3 is 2.81 bits per heavy atom. The number of hydrogen-bond donors (Lipinski definition) is 1. The molecule has 0 aliphatic carbocycles. The zero-order valence-electron chi connectivity index (χ0n) is 10.3. The highest BCUT2D eigenvalue weighted by Crippen LogP contribution is 2.08. The number of hydrogen-bond acceptors (Lipinski definition) is 3. The van der Waals surface area contributed by atoms with Crippen molar-refractivity contribution in [2.45, 2.75) is 39.9 Å². The van der Waals surface area contributed by atoms with Crippen molar-refractivity contribution in [3.05, 3.63) is 17.5 Å². The first-order valence-electron chi connectivity index (χ1n) is 5.42. The van der Waals surface area contributed by atoms with Crippen LogP contribution in [-0.2, 0) is 17.9 Å². The van der Waals surface area contributed by atoms with Crippen molar-refractivity contribution in [3.63, 3.8) is 0 Å². The summed E-state index contributed by atoms with van der Waals surface area (Å²) < 4.78 is 1.90. The van der Waals surface area contributed by atoms with Crippen molar-refractivity contribution in [1.82, 2.24) is 14.7 Å². The minimum absolute atomic E-state index is 0.486. The molecule has 0 aromatic carbocycles. The van der Waals surface area contributed by atoms with Gasteiger partial charge >= 0.3 is 5.97 Å². The Labute approximate surface area is 95.7 Å². The summed E-state index contributed by atoms with van der Waals surface area (Å²) in [6, 6.07) is 1.51. The zero-order valence-corrected chi connectivity index (χ0v) is 10.3. The van der Waals surface area contributed by atoms with Crippen LogP contribution in [0.15, 0.2) is 6.07 Å². The molecule has 1 atom stereocenters. The number of carboxylic acid groups (broad SMARTS) is 1. The highest BCUT2D eigenvalue weighted by Gasteiger charge is 2.18. The van der Waals surface area contributed by atoms with E-state index in [1.807, 2.05) is 24.6 Å². The first-order chi connectivity index (χ1) is 7.45. The van der Waals surface area contributed by atoms with E-state index < -0.39 is 12.0 Å². The Bertz CT molecular complexity index is 373. The van der Waals surface area contributed by atoms with Gasteiger partial charge in [0.1, 0.15) is 6.04 Å². The lowest BCUT2D eigenvalue weighted by molar-refractivity contribution is -0.142. The molecule has 5 heteroatoms. The summed E-state index contributed by atoms with van der Waals surface area (Å²) in [5.41, 5.74) is 2.02.